The van der Waals surface area contributed by atoms with E-state index >= 15 is 0 Å². The van der Waals surface area contributed by atoms with E-state index in [1.807, 2.05) is 43.5 Å². The average molecular weight is 260 g/mol. The Balaban J connectivity index is 2.07. The molecule has 3 rings (SSSR count). The summed E-state index contributed by atoms with van der Waals surface area (Å²) in [6.07, 6.45) is 1.85. The molecule has 0 amide bonds. The van der Waals surface area contributed by atoms with Crippen LogP contribution in [0.2, 0.25) is 0 Å². The Bertz CT molecular complexity index is 733. The summed E-state index contributed by atoms with van der Waals surface area (Å²) >= 11 is 0. The summed E-state index contributed by atoms with van der Waals surface area (Å²) in [5.41, 5.74) is 6.30. The minimum atomic E-state index is 0.917. The molecule has 0 saturated carbocycles. The number of nitrogens with zero attached hydrogens (tertiary/aromatic N) is 2. The second kappa shape index (κ2) is 5.25. The lowest BCUT2D eigenvalue weighted by Gasteiger charge is -2.09. The second-order valence-corrected chi connectivity index (χ2v) is 4.87. The molecule has 0 unspecified atom stereocenters. The molecule has 0 aliphatic rings. The van der Waals surface area contributed by atoms with Crippen LogP contribution in [-0.2, 0) is 0 Å². The van der Waals surface area contributed by atoms with Gasteiger partial charge in [-0.05, 0) is 19.4 Å². The average Bonchev–Trinajstić information content (AvgIpc) is 2.49. The zero-order chi connectivity index (χ0) is 13.9. The van der Waals surface area contributed by atoms with Gasteiger partial charge in [0.1, 0.15) is 0 Å². The summed E-state index contributed by atoms with van der Waals surface area (Å²) in [6, 6.07) is 18.4. The van der Waals surface area contributed by atoms with Crippen molar-refractivity contribution in [3.8, 4) is 22.5 Å². The molecule has 0 bridgehead atoms. The third-order valence-electron chi connectivity index (χ3n) is 3.42. The van der Waals surface area contributed by atoms with E-state index < -0.39 is 0 Å². The summed E-state index contributed by atoms with van der Waals surface area (Å²) in [5.74, 6) is 0. The van der Waals surface area contributed by atoms with Crippen molar-refractivity contribution in [3.05, 3.63) is 72.1 Å². The van der Waals surface area contributed by atoms with Crippen molar-refractivity contribution in [1.82, 2.24) is 9.97 Å². The van der Waals surface area contributed by atoms with E-state index in [2.05, 4.69) is 36.2 Å². The first-order valence-electron chi connectivity index (χ1n) is 6.71. The molecule has 0 radical (unpaired) electrons. The maximum atomic E-state index is 4.70. The van der Waals surface area contributed by atoms with Crippen LogP contribution >= 0.6 is 0 Å². The highest BCUT2D eigenvalue weighted by Gasteiger charge is 2.09. The first kappa shape index (κ1) is 12.5. The van der Waals surface area contributed by atoms with Crippen LogP contribution in [0, 0.1) is 13.8 Å². The molecule has 0 saturated heterocycles. The monoisotopic (exact) mass is 260 g/mol. The Hall–Kier alpha value is -2.48. The highest BCUT2D eigenvalue weighted by Crippen LogP contribution is 2.25. The number of hydrogen-bond acceptors (Lipinski definition) is 2. The molecule has 98 valence electrons. The van der Waals surface area contributed by atoms with Gasteiger partial charge in [-0.1, -0.05) is 54.6 Å². The van der Waals surface area contributed by atoms with Gasteiger partial charge in [0, 0.05) is 11.1 Å². The smallest absolute Gasteiger partial charge is 0.0917 e. The van der Waals surface area contributed by atoms with Crippen LogP contribution < -0.4 is 0 Å². The molecular formula is C18H16N2. The van der Waals surface area contributed by atoms with Gasteiger partial charge in [-0.25, -0.2) is 4.98 Å². The van der Waals surface area contributed by atoms with Crippen LogP contribution in [0.15, 0.2) is 60.8 Å². The molecule has 0 fully saturated rings. The van der Waals surface area contributed by atoms with Gasteiger partial charge in [0.05, 0.1) is 23.3 Å². The van der Waals surface area contributed by atoms with Crippen molar-refractivity contribution < 1.29 is 0 Å². The third kappa shape index (κ3) is 2.32. The van der Waals surface area contributed by atoms with E-state index in [0.717, 1.165) is 28.2 Å². The minimum Gasteiger partial charge on any atom is -0.252 e. The predicted octanol–water partition coefficient (Wildman–Crippen LogP) is 4.43. The lowest BCUT2D eigenvalue weighted by atomic mass is 10.0. The van der Waals surface area contributed by atoms with Gasteiger partial charge in [-0.3, -0.25) is 4.98 Å². The van der Waals surface area contributed by atoms with E-state index in [9.17, 15) is 0 Å². The molecular weight excluding hydrogens is 244 g/mol. The molecule has 1 aromatic heterocycles. The minimum absolute atomic E-state index is 0.917. The Kier molecular flexibility index (Phi) is 3.30. The second-order valence-electron chi connectivity index (χ2n) is 4.87. The van der Waals surface area contributed by atoms with Crippen LogP contribution in [0.5, 0.6) is 0 Å². The molecule has 20 heavy (non-hydrogen) atoms. The first-order chi connectivity index (χ1) is 9.75. The predicted molar refractivity (Wildman–Crippen MR) is 82.4 cm³/mol. The van der Waals surface area contributed by atoms with Gasteiger partial charge in [0.2, 0.25) is 0 Å². The van der Waals surface area contributed by atoms with Crippen molar-refractivity contribution in [2.45, 2.75) is 13.8 Å². The zero-order valence-corrected chi connectivity index (χ0v) is 11.7. The lowest BCUT2D eigenvalue weighted by Crippen LogP contribution is -1.96. The van der Waals surface area contributed by atoms with Crippen molar-refractivity contribution in [2.75, 3.05) is 0 Å². The fourth-order valence-electron chi connectivity index (χ4n) is 2.33. The zero-order valence-electron chi connectivity index (χ0n) is 11.7. The molecule has 2 aromatic carbocycles. The van der Waals surface area contributed by atoms with Gasteiger partial charge in [0.15, 0.2) is 0 Å². The largest absolute Gasteiger partial charge is 0.252 e. The van der Waals surface area contributed by atoms with E-state index in [1.54, 1.807) is 0 Å². The number of hydrogen-bond donors (Lipinski definition) is 0. The molecule has 2 nitrogen and oxygen atoms in total. The van der Waals surface area contributed by atoms with Gasteiger partial charge in [-0.15, -0.1) is 0 Å². The van der Waals surface area contributed by atoms with Crippen molar-refractivity contribution in [3.63, 3.8) is 0 Å². The van der Waals surface area contributed by atoms with Gasteiger partial charge in [-0.2, -0.15) is 0 Å². The quantitative estimate of drug-likeness (QED) is 0.681. The summed E-state index contributed by atoms with van der Waals surface area (Å²) in [5, 5.41) is 0. The number of aryl methyl sites for hydroxylation is 2. The van der Waals surface area contributed by atoms with E-state index in [-0.39, 0.29) is 0 Å². The molecule has 0 atom stereocenters. The summed E-state index contributed by atoms with van der Waals surface area (Å²) in [4.78, 5) is 9.32. The van der Waals surface area contributed by atoms with Crippen LogP contribution in [-0.4, -0.2) is 9.97 Å². The highest BCUT2D eigenvalue weighted by molar-refractivity contribution is 5.67. The molecule has 0 aliphatic carbocycles. The molecule has 1 heterocycles. The first-order valence-corrected chi connectivity index (χ1v) is 6.71. The van der Waals surface area contributed by atoms with Gasteiger partial charge in [0.25, 0.3) is 0 Å². The van der Waals surface area contributed by atoms with Crippen LogP contribution in [0.3, 0.4) is 0 Å². The summed E-state index contributed by atoms with van der Waals surface area (Å²) < 4.78 is 0. The van der Waals surface area contributed by atoms with Crippen molar-refractivity contribution in [2.24, 2.45) is 0 Å². The molecule has 2 heteroatoms. The fourth-order valence-corrected chi connectivity index (χ4v) is 2.33. The van der Waals surface area contributed by atoms with Crippen molar-refractivity contribution in [1.29, 1.82) is 0 Å². The van der Waals surface area contributed by atoms with Gasteiger partial charge < -0.3 is 0 Å². The molecule has 0 spiro atoms. The maximum Gasteiger partial charge on any atom is 0.0917 e. The highest BCUT2D eigenvalue weighted by atomic mass is 14.8. The van der Waals surface area contributed by atoms with Gasteiger partial charge >= 0.3 is 0 Å². The Morgan fingerprint density at radius 3 is 2.20 bits per heavy atom. The lowest BCUT2D eigenvalue weighted by molar-refractivity contribution is 1.12. The summed E-state index contributed by atoms with van der Waals surface area (Å²) in [6.45, 7) is 4.11. The fraction of sp³-hybridized carbons (Fsp3) is 0.111. The molecule has 3 aromatic rings. The molecule has 0 N–H and O–H groups in total. The van der Waals surface area contributed by atoms with Crippen LogP contribution in [0.1, 0.15) is 11.3 Å². The normalized spacial score (nSPS) is 10.5. The van der Waals surface area contributed by atoms with Crippen molar-refractivity contribution >= 4 is 0 Å². The third-order valence-corrected chi connectivity index (χ3v) is 3.42. The SMILES string of the molecule is Cc1ccccc1-c1ncc(-c2ccccc2)nc1C. The Morgan fingerprint density at radius 2 is 1.50 bits per heavy atom. The summed E-state index contributed by atoms with van der Waals surface area (Å²) in [7, 11) is 0. The van der Waals surface area contributed by atoms with E-state index in [0.29, 0.717) is 0 Å². The Labute approximate surface area is 119 Å². The van der Waals surface area contributed by atoms with E-state index in [1.165, 1.54) is 5.56 Å². The van der Waals surface area contributed by atoms with Crippen LogP contribution in [0.4, 0.5) is 0 Å². The van der Waals surface area contributed by atoms with Crippen LogP contribution in [0.25, 0.3) is 22.5 Å². The molecule has 0 aliphatic heterocycles. The Morgan fingerprint density at radius 1 is 0.800 bits per heavy atom. The van der Waals surface area contributed by atoms with E-state index in [4.69, 9.17) is 4.98 Å². The number of rotatable bonds is 2. The topological polar surface area (TPSA) is 25.8 Å². The maximum absolute atomic E-state index is 4.70. The standard InChI is InChI=1S/C18H16N2/c1-13-8-6-7-11-16(13)18-14(2)20-17(12-19-18)15-9-4-3-5-10-15/h3-12H,1-2H3. The number of benzene rings is 2. The number of aromatic nitrogens is 2.